The minimum absolute atomic E-state index is 0.0381. The van der Waals surface area contributed by atoms with Crippen molar-refractivity contribution >= 4 is 33.2 Å². The van der Waals surface area contributed by atoms with Gasteiger partial charge in [0.2, 0.25) is 0 Å². The molecule has 0 amide bonds. The summed E-state index contributed by atoms with van der Waals surface area (Å²) >= 11 is 6.35. The van der Waals surface area contributed by atoms with Crippen LogP contribution >= 0.6 is 11.6 Å². The summed E-state index contributed by atoms with van der Waals surface area (Å²) in [5.74, 6) is 0.132. The quantitative estimate of drug-likeness (QED) is 0.531. The molecule has 180 valence electrons. The van der Waals surface area contributed by atoms with E-state index in [4.69, 9.17) is 22.1 Å². The van der Waals surface area contributed by atoms with Crippen molar-refractivity contribution in [3.8, 4) is 0 Å². The summed E-state index contributed by atoms with van der Waals surface area (Å²) in [4.78, 5) is 12.9. The summed E-state index contributed by atoms with van der Waals surface area (Å²) in [6.07, 6.45) is 3.26. The van der Waals surface area contributed by atoms with Crippen molar-refractivity contribution in [2.75, 3.05) is 42.9 Å². The topological polar surface area (TPSA) is 132 Å². The molecule has 2 aliphatic rings. The standard InChI is InChI=1S/C21H29ClN6O4S/c22-20-19(24-12-15-14-32-11-8-18(15)23)13-25-28(21(20)29)17-6-9-27(10-7-17)33(30,31)26-16-4-2-1-3-5-16/h1-5,13,15,17-18,24,26H,6-12,14,23H2/t15-,18-/m0/s1. The zero-order valence-corrected chi connectivity index (χ0v) is 19.8. The van der Waals surface area contributed by atoms with Gasteiger partial charge in [-0.05, 0) is 31.4 Å². The van der Waals surface area contributed by atoms with E-state index < -0.39 is 15.8 Å². The van der Waals surface area contributed by atoms with Crippen LogP contribution in [0.3, 0.4) is 0 Å². The van der Waals surface area contributed by atoms with E-state index in [1.54, 1.807) is 30.5 Å². The highest BCUT2D eigenvalue weighted by atomic mass is 35.5. The normalized spacial score (nSPS) is 22.7. The molecule has 12 heteroatoms. The van der Waals surface area contributed by atoms with Crippen LogP contribution in [0.2, 0.25) is 5.02 Å². The molecule has 2 fully saturated rings. The van der Waals surface area contributed by atoms with E-state index in [0.29, 0.717) is 44.0 Å². The summed E-state index contributed by atoms with van der Waals surface area (Å²) in [5.41, 5.74) is 6.71. The third kappa shape index (κ3) is 5.67. The Morgan fingerprint density at radius 1 is 1.18 bits per heavy atom. The lowest BCUT2D eigenvalue weighted by Gasteiger charge is -2.31. The lowest BCUT2D eigenvalue weighted by molar-refractivity contribution is 0.0469. The molecule has 1 aromatic heterocycles. The van der Waals surface area contributed by atoms with Gasteiger partial charge in [0.05, 0.1) is 24.5 Å². The maximum atomic E-state index is 12.9. The Kier molecular flexibility index (Phi) is 7.55. The Bertz CT molecular complexity index is 1110. The van der Waals surface area contributed by atoms with E-state index in [-0.39, 0.29) is 36.1 Å². The number of rotatable bonds is 7. The van der Waals surface area contributed by atoms with Gasteiger partial charge in [-0.2, -0.15) is 17.8 Å². The molecule has 0 aliphatic carbocycles. The maximum Gasteiger partial charge on any atom is 0.301 e. The number of nitrogens with two attached hydrogens (primary N) is 1. The molecule has 2 aromatic rings. The Morgan fingerprint density at radius 2 is 1.91 bits per heavy atom. The van der Waals surface area contributed by atoms with E-state index in [1.165, 1.54) is 8.99 Å². The summed E-state index contributed by atoms with van der Waals surface area (Å²) < 4.78 is 36.1. The number of nitrogens with zero attached hydrogens (tertiary/aromatic N) is 3. The number of benzene rings is 1. The van der Waals surface area contributed by atoms with Crippen molar-refractivity contribution in [1.29, 1.82) is 0 Å². The summed E-state index contributed by atoms with van der Waals surface area (Å²) in [7, 11) is -3.67. The van der Waals surface area contributed by atoms with Gasteiger partial charge in [0.1, 0.15) is 5.02 Å². The highest BCUT2D eigenvalue weighted by molar-refractivity contribution is 7.90. The van der Waals surface area contributed by atoms with Crippen LogP contribution in [-0.4, -0.2) is 61.4 Å². The maximum absolute atomic E-state index is 12.9. The van der Waals surface area contributed by atoms with E-state index >= 15 is 0 Å². The molecular formula is C21H29ClN6O4S. The SMILES string of the molecule is N[C@H]1CCOC[C@@H]1CNc1cnn(C2CCN(S(=O)(=O)Nc3ccccc3)CC2)c(=O)c1Cl. The first-order valence-corrected chi connectivity index (χ1v) is 12.8. The van der Waals surface area contributed by atoms with Crippen LogP contribution < -0.4 is 21.3 Å². The number of hydrogen-bond acceptors (Lipinski definition) is 7. The van der Waals surface area contributed by atoms with Crippen molar-refractivity contribution in [2.45, 2.75) is 31.3 Å². The number of ether oxygens (including phenoxy) is 1. The van der Waals surface area contributed by atoms with Gasteiger partial charge in [0.25, 0.3) is 5.56 Å². The summed E-state index contributed by atoms with van der Waals surface area (Å²) in [6.45, 7) is 2.32. The molecule has 4 N–H and O–H groups in total. The predicted octanol–water partition coefficient (Wildman–Crippen LogP) is 1.67. The Hall–Kier alpha value is -2.18. The Morgan fingerprint density at radius 3 is 2.61 bits per heavy atom. The number of halogens is 1. The number of piperidine rings is 1. The zero-order valence-electron chi connectivity index (χ0n) is 18.2. The molecule has 1 aromatic carbocycles. The van der Waals surface area contributed by atoms with Gasteiger partial charge < -0.3 is 15.8 Å². The van der Waals surface area contributed by atoms with E-state index in [9.17, 15) is 13.2 Å². The van der Waals surface area contributed by atoms with Crippen LogP contribution in [0.4, 0.5) is 11.4 Å². The fourth-order valence-corrected chi connectivity index (χ4v) is 5.60. The zero-order chi connectivity index (χ0) is 23.4. The van der Waals surface area contributed by atoms with Crippen molar-refractivity contribution in [2.24, 2.45) is 11.7 Å². The van der Waals surface area contributed by atoms with Crippen LogP contribution in [-0.2, 0) is 14.9 Å². The smallest absolute Gasteiger partial charge is 0.301 e. The minimum atomic E-state index is -3.67. The Labute approximate surface area is 198 Å². The number of hydrogen-bond donors (Lipinski definition) is 3. The molecule has 0 radical (unpaired) electrons. The summed E-state index contributed by atoms with van der Waals surface area (Å²) in [5, 5.41) is 7.55. The average Bonchev–Trinajstić information content (AvgIpc) is 2.81. The molecule has 0 unspecified atom stereocenters. The molecule has 0 saturated carbocycles. The molecule has 33 heavy (non-hydrogen) atoms. The van der Waals surface area contributed by atoms with Crippen LogP contribution in [0, 0.1) is 5.92 Å². The van der Waals surface area contributed by atoms with E-state index in [1.807, 2.05) is 6.07 Å². The van der Waals surface area contributed by atoms with Crippen LogP contribution in [0.1, 0.15) is 25.3 Å². The van der Waals surface area contributed by atoms with Crippen molar-refractivity contribution in [1.82, 2.24) is 14.1 Å². The lowest BCUT2D eigenvalue weighted by atomic mass is 9.97. The lowest BCUT2D eigenvalue weighted by Crippen LogP contribution is -2.44. The summed E-state index contributed by atoms with van der Waals surface area (Å²) in [6, 6.07) is 8.55. The second-order valence-electron chi connectivity index (χ2n) is 8.39. The molecule has 3 heterocycles. The monoisotopic (exact) mass is 496 g/mol. The van der Waals surface area contributed by atoms with Crippen molar-refractivity contribution in [3.63, 3.8) is 0 Å². The van der Waals surface area contributed by atoms with Crippen LogP contribution in [0.15, 0.2) is 41.3 Å². The van der Waals surface area contributed by atoms with Gasteiger partial charge in [-0.15, -0.1) is 0 Å². The van der Waals surface area contributed by atoms with Gasteiger partial charge in [0, 0.05) is 43.9 Å². The van der Waals surface area contributed by atoms with Gasteiger partial charge in [0.15, 0.2) is 0 Å². The first kappa shape index (κ1) is 24.0. The fourth-order valence-electron chi connectivity index (χ4n) is 4.14. The van der Waals surface area contributed by atoms with Gasteiger partial charge in [-0.1, -0.05) is 29.8 Å². The number of nitrogens with one attached hydrogen (secondary N) is 2. The van der Waals surface area contributed by atoms with Crippen LogP contribution in [0.5, 0.6) is 0 Å². The number of anilines is 2. The van der Waals surface area contributed by atoms with E-state index in [0.717, 1.165) is 6.42 Å². The van der Waals surface area contributed by atoms with Gasteiger partial charge in [-0.25, -0.2) is 4.68 Å². The number of aromatic nitrogens is 2. The molecule has 0 bridgehead atoms. The highest BCUT2D eigenvalue weighted by Gasteiger charge is 2.30. The second kappa shape index (κ2) is 10.4. The largest absolute Gasteiger partial charge is 0.382 e. The molecular weight excluding hydrogens is 468 g/mol. The first-order chi connectivity index (χ1) is 15.8. The fraction of sp³-hybridized carbons (Fsp3) is 0.524. The minimum Gasteiger partial charge on any atom is -0.382 e. The molecule has 2 saturated heterocycles. The highest BCUT2D eigenvalue weighted by Crippen LogP contribution is 2.25. The molecule has 4 rings (SSSR count). The number of para-hydroxylation sites is 1. The third-order valence-corrected chi connectivity index (χ3v) is 8.06. The van der Waals surface area contributed by atoms with Gasteiger partial charge >= 0.3 is 10.2 Å². The molecule has 2 aliphatic heterocycles. The first-order valence-electron chi connectivity index (χ1n) is 11.0. The third-order valence-electron chi connectivity index (χ3n) is 6.16. The van der Waals surface area contributed by atoms with Crippen LogP contribution in [0.25, 0.3) is 0 Å². The van der Waals surface area contributed by atoms with Crippen molar-refractivity contribution in [3.05, 3.63) is 51.9 Å². The van der Waals surface area contributed by atoms with Crippen molar-refractivity contribution < 1.29 is 13.2 Å². The molecule has 10 nitrogen and oxygen atoms in total. The predicted molar refractivity (Wildman–Crippen MR) is 128 cm³/mol. The van der Waals surface area contributed by atoms with Gasteiger partial charge in [-0.3, -0.25) is 9.52 Å². The van der Waals surface area contributed by atoms with E-state index in [2.05, 4.69) is 15.1 Å². The molecule has 2 atom stereocenters. The Balaban J connectivity index is 1.37. The second-order valence-corrected chi connectivity index (χ2v) is 10.4. The average molecular weight is 497 g/mol. The molecule has 0 spiro atoms.